The average Bonchev–Trinajstić information content (AvgIpc) is 3.37. The van der Waals surface area contributed by atoms with Gasteiger partial charge in [-0.15, -0.1) is 10.2 Å². The van der Waals surface area contributed by atoms with Crippen molar-refractivity contribution >= 4 is 23.2 Å². The number of aryl methyl sites for hydroxylation is 2. The van der Waals surface area contributed by atoms with Gasteiger partial charge in [0.1, 0.15) is 0 Å². The second-order valence-corrected chi connectivity index (χ2v) is 6.18. The highest BCUT2D eigenvalue weighted by Gasteiger charge is 2.16. The number of carbonyl (C=O) groups excluding carboxylic acids is 1. The molecule has 0 fully saturated rings. The van der Waals surface area contributed by atoms with E-state index in [1.165, 1.54) is 0 Å². The van der Waals surface area contributed by atoms with E-state index in [-0.39, 0.29) is 18.1 Å². The number of carbonyl (C=O) groups is 1. The van der Waals surface area contributed by atoms with Crippen molar-refractivity contribution in [3.8, 4) is 11.5 Å². The van der Waals surface area contributed by atoms with E-state index in [0.717, 1.165) is 5.56 Å². The number of nitrogens with zero attached hydrogens (tertiary/aromatic N) is 7. The van der Waals surface area contributed by atoms with Crippen molar-refractivity contribution in [2.24, 2.45) is 0 Å². The zero-order valence-electron chi connectivity index (χ0n) is 14.5. The van der Waals surface area contributed by atoms with E-state index in [4.69, 9.17) is 16.1 Å². The molecule has 0 aliphatic carbocycles. The molecule has 0 saturated heterocycles. The van der Waals surface area contributed by atoms with Crippen molar-refractivity contribution in [3.05, 3.63) is 46.9 Å². The van der Waals surface area contributed by atoms with E-state index in [1.807, 2.05) is 13.0 Å². The third kappa shape index (κ3) is 3.26. The molecule has 0 atom stereocenters. The highest BCUT2D eigenvalue weighted by atomic mass is 35.5. The molecule has 27 heavy (non-hydrogen) atoms. The van der Waals surface area contributed by atoms with E-state index < -0.39 is 0 Å². The Labute approximate surface area is 158 Å². The summed E-state index contributed by atoms with van der Waals surface area (Å²) in [5.74, 6) is 1.16. The first-order chi connectivity index (χ1) is 13.0. The van der Waals surface area contributed by atoms with Crippen molar-refractivity contribution in [2.45, 2.75) is 26.9 Å². The maximum atomic E-state index is 12.3. The van der Waals surface area contributed by atoms with E-state index in [1.54, 1.807) is 34.5 Å². The molecular weight excluding hydrogens is 372 g/mol. The van der Waals surface area contributed by atoms with Gasteiger partial charge in [-0.25, -0.2) is 0 Å². The van der Waals surface area contributed by atoms with Crippen LogP contribution in [0.2, 0.25) is 5.02 Å². The van der Waals surface area contributed by atoms with Crippen LogP contribution in [0.25, 0.3) is 17.1 Å². The third-order valence-corrected chi connectivity index (χ3v) is 4.19. The van der Waals surface area contributed by atoms with Crippen molar-refractivity contribution in [3.63, 3.8) is 0 Å². The van der Waals surface area contributed by atoms with E-state index >= 15 is 0 Å². The molecule has 0 aliphatic rings. The molecule has 4 heterocycles. The number of aromatic nitrogens is 7. The van der Waals surface area contributed by atoms with Gasteiger partial charge in [0, 0.05) is 24.5 Å². The Hall–Kier alpha value is -3.27. The summed E-state index contributed by atoms with van der Waals surface area (Å²) in [7, 11) is 0. The Bertz CT molecular complexity index is 1130. The molecule has 0 saturated carbocycles. The van der Waals surface area contributed by atoms with Crippen molar-refractivity contribution < 1.29 is 9.32 Å². The maximum absolute atomic E-state index is 12.3. The largest absolute Gasteiger partial charge is 0.343 e. The summed E-state index contributed by atoms with van der Waals surface area (Å²) in [6.45, 7) is 4.47. The molecule has 4 aromatic heterocycles. The average molecular weight is 387 g/mol. The summed E-state index contributed by atoms with van der Waals surface area (Å²) in [6, 6.07) is 3.60. The summed E-state index contributed by atoms with van der Waals surface area (Å²) in [5.41, 5.74) is 1.52. The van der Waals surface area contributed by atoms with Crippen LogP contribution in [-0.2, 0) is 13.1 Å². The first kappa shape index (κ1) is 17.2. The molecule has 0 spiro atoms. The lowest BCUT2D eigenvalue weighted by molar-refractivity contribution is 0.0944. The summed E-state index contributed by atoms with van der Waals surface area (Å²) in [6.07, 6.45) is 3.40. The third-order valence-electron chi connectivity index (χ3n) is 3.92. The summed E-state index contributed by atoms with van der Waals surface area (Å²) in [5, 5.41) is 19.2. The van der Waals surface area contributed by atoms with Gasteiger partial charge in [0.25, 0.3) is 11.8 Å². The SMILES string of the molecule is CCn1cc(Cl)c(C(=O)NCc2nnc3cc(-c4nc(C)no4)ccn23)n1. The molecule has 0 aromatic carbocycles. The van der Waals surface area contributed by atoms with Gasteiger partial charge < -0.3 is 9.84 Å². The molecule has 1 amide bonds. The minimum atomic E-state index is -0.373. The fourth-order valence-electron chi connectivity index (χ4n) is 2.56. The van der Waals surface area contributed by atoms with E-state index in [2.05, 4.69) is 30.8 Å². The van der Waals surface area contributed by atoms with Gasteiger partial charge in [-0.05, 0) is 26.0 Å². The molecule has 0 bridgehead atoms. The van der Waals surface area contributed by atoms with Crippen LogP contribution in [-0.4, -0.2) is 40.4 Å². The van der Waals surface area contributed by atoms with Gasteiger partial charge in [-0.3, -0.25) is 13.9 Å². The second-order valence-electron chi connectivity index (χ2n) is 5.77. The first-order valence-electron chi connectivity index (χ1n) is 8.20. The monoisotopic (exact) mass is 386 g/mol. The zero-order chi connectivity index (χ0) is 19.0. The lowest BCUT2D eigenvalue weighted by Crippen LogP contribution is -2.25. The Balaban J connectivity index is 1.52. The van der Waals surface area contributed by atoms with Crippen LogP contribution in [0.3, 0.4) is 0 Å². The Morgan fingerprint density at radius 1 is 1.37 bits per heavy atom. The lowest BCUT2D eigenvalue weighted by atomic mass is 10.2. The zero-order valence-corrected chi connectivity index (χ0v) is 15.3. The fourth-order valence-corrected chi connectivity index (χ4v) is 2.80. The fraction of sp³-hybridized carbons (Fsp3) is 0.250. The number of rotatable bonds is 5. The number of fused-ring (bicyclic) bond motifs is 1. The lowest BCUT2D eigenvalue weighted by Gasteiger charge is -2.03. The van der Waals surface area contributed by atoms with Crippen LogP contribution >= 0.6 is 11.6 Å². The van der Waals surface area contributed by atoms with Crippen LogP contribution in [0.4, 0.5) is 0 Å². The van der Waals surface area contributed by atoms with Crippen LogP contribution in [0.15, 0.2) is 29.0 Å². The van der Waals surface area contributed by atoms with Crippen LogP contribution < -0.4 is 5.32 Å². The highest BCUT2D eigenvalue weighted by Crippen LogP contribution is 2.19. The predicted molar refractivity (Wildman–Crippen MR) is 95.1 cm³/mol. The number of amides is 1. The number of hydrogen-bond donors (Lipinski definition) is 1. The summed E-state index contributed by atoms with van der Waals surface area (Å²) in [4.78, 5) is 16.5. The minimum Gasteiger partial charge on any atom is -0.343 e. The Kier molecular flexibility index (Phi) is 4.32. The normalized spacial score (nSPS) is 11.2. The van der Waals surface area contributed by atoms with Gasteiger partial charge in [-0.2, -0.15) is 10.1 Å². The minimum absolute atomic E-state index is 0.175. The predicted octanol–water partition coefficient (Wildman–Crippen LogP) is 1.89. The molecule has 138 valence electrons. The highest BCUT2D eigenvalue weighted by molar-refractivity contribution is 6.33. The van der Waals surface area contributed by atoms with Crippen LogP contribution in [0.1, 0.15) is 29.1 Å². The van der Waals surface area contributed by atoms with Gasteiger partial charge in [-0.1, -0.05) is 16.8 Å². The quantitative estimate of drug-likeness (QED) is 0.556. The molecule has 4 rings (SSSR count). The second kappa shape index (κ2) is 6.80. The Morgan fingerprint density at radius 2 is 2.22 bits per heavy atom. The van der Waals surface area contributed by atoms with Crippen molar-refractivity contribution in [1.82, 2.24) is 39.8 Å². The summed E-state index contributed by atoms with van der Waals surface area (Å²) < 4.78 is 8.52. The van der Waals surface area contributed by atoms with E-state index in [9.17, 15) is 4.79 Å². The van der Waals surface area contributed by atoms with E-state index in [0.29, 0.717) is 34.8 Å². The topological polar surface area (TPSA) is 116 Å². The van der Waals surface area contributed by atoms with Gasteiger partial charge in [0.05, 0.1) is 11.6 Å². The number of nitrogens with one attached hydrogen (secondary N) is 1. The molecule has 10 nitrogen and oxygen atoms in total. The molecule has 0 aliphatic heterocycles. The number of halogens is 1. The molecule has 0 radical (unpaired) electrons. The smallest absolute Gasteiger partial charge is 0.273 e. The Morgan fingerprint density at radius 3 is 2.93 bits per heavy atom. The summed E-state index contributed by atoms with van der Waals surface area (Å²) >= 11 is 6.05. The van der Waals surface area contributed by atoms with Gasteiger partial charge in [0.15, 0.2) is 23.0 Å². The molecule has 4 aromatic rings. The van der Waals surface area contributed by atoms with Gasteiger partial charge >= 0.3 is 0 Å². The molecule has 0 unspecified atom stereocenters. The van der Waals surface area contributed by atoms with Crippen LogP contribution in [0, 0.1) is 6.92 Å². The molecule has 1 N–H and O–H groups in total. The maximum Gasteiger partial charge on any atom is 0.273 e. The van der Waals surface area contributed by atoms with Crippen molar-refractivity contribution in [2.75, 3.05) is 0 Å². The molecular formula is C16H15ClN8O2. The van der Waals surface area contributed by atoms with Crippen LogP contribution in [0.5, 0.6) is 0 Å². The number of pyridine rings is 1. The van der Waals surface area contributed by atoms with Crippen molar-refractivity contribution in [1.29, 1.82) is 0 Å². The first-order valence-corrected chi connectivity index (χ1v) is 8.58. The number of hydrogen-bond acceptors (Lipinski definition) is 7. The standard InChI is InChI=1S/C16H15ClN8O2/c1-3-24-8-11(17)14(22-24)15(26)18-7-13-21-20-12-6-10(4-5-25(12)13)16-19-9(2)23-27-16/h4-6,8H,3,7H2,1-2H3,(H,18,26). The van der Waals surface area contributed by atoms with Gasteiger partial charge in [0.2, 0.25) is 0 Å². The molecule has 11 heteroatoms.